The number of nitrogens with zero attached hydrogens (tertiary/aromatic N) is 1. The fraction of sp³-hybridized carbons (Fsp3) is 0.120. The summed E-state index contributed by atoms with van der Waals surface area (Å²) in [6, 6.07) is 19.3. The number of nitrogens with one attached hydrogen (secondary N) is 1. The minimum Gasteiger partial charge on any atom is -0.486 e. The molecule has 1 heterocycles. The molecule has 0 atom stereocenters. The average Bonchev–Trinajstić information content (AvgIpc) is 3.08. The van der Waals surface area contributed by atoms with E-state index in [0.29, 0.717) is 38.0 Å². The van der Waals surface area contributed by atoms with Gasteiger partial charge in [0.05, 0.1) is 20.6 Å². The van der Waals surface area contributed by atoms with Crippen molar-refractivity contribution in [1.82, 2.24) is 5.32 Å². The van der Waals surface area contributed by atoms with Gasteiger partial charge in [-0.1, -0.05) is 70.7 Å². The van der Waals surface area contributed by atoms with Gasteiger partial charge in [0.1, 0.15) is 6.61 Å². The molecular weight excluding hydrogens is 463 g/mol. The largest absolute Gasteiger partial charge is 0.486 e. The second-order valence-corrected chi connectivity index (χ2v) is 9.25. The van der Waals surface area contributed by atoms with Crippen LogP contribution >= 0.6 is 35.0 Å². The fourth-order valence-corrected chi connectivity index (χ4v) is 4.58. The number of carbonyl (C=O) groups excluding carboxylic acids is 1. The first-order valence-corrected chi connectivity index (χ1v) is 11.5. The third-order valence-corrected chi connectivity index (χ3v) is 6.17. The molecule has 32 heavy (non-hydrogen) atoms. The minimum atomic E-state index is -0.215. The van der Waals surface area contributed by atoms with Gasteiger partial charge in [-0.3, -0.25) is 4.79 Å². The molecular formula is C25H20Cl2N2O2S. The Morgan fingerprint density at radius 3 is 2.41 bits per heavy atom. The van der Waals surface area contributed by atoms with E-state index in [1.54, 1.807) is 18.2 Å². The van der Waals surface area contributed by atoms with Gasteiger partial charge in [-0.2, -0.15) is 0 Å². The molecule has 3 aromatic rings. The summed E-state index contributed by atoms with van der Waals surface area (Å²) in [5.74, 6) is 0.204. The third kappa shape index (κ3) is 5.54. The standard InChI is InChI=1S/C25H20Cl2N2O2S/c1-15-6-8-19(9-7-15)28-25-29-24(30)22(32-25)13-18-11-20(26)23(21(27)12-18)31-14-17-5-3-4-16(2)10-17/h3-13H,14H2,1-2H3,(H,28,29,30)/b22-13+. The summed E-state index contributed by atoms with van der Waals surface area (Å²) < 4.78 is 5.86. The van der Waals surface area contributed by atoms with E-state index in [1.807, 2.05) is 62.4 Å². The maximum Gasteiger partial charge on any atom is 0.264 e. The summed E-state index contributed by atoms with van der Waals surface area (Å²) in [6.45, 7) is 4.40. The molecule has 0 radical (unpaired) electrons. The van der Waals surface area contributed by atoms with E-state index in [9.17, 15) is 4.79 Å². The molecule has 0 aliphatic carbocycles. The van der Waals surface area contributed by atoms with Crippen molar-refractivity contribution in [3.8, 4) is 5.75 Å². The Balaban J connectivity index is 1.50. The number of aliphatic imine (C=N–C) groups is 1. The molecule has 1 aliphatic rings. The number of amidine groups is 1. The number of ether oxygens (including phenoxy) is 1. The quantitative estimate of drug-likeness (QED) is 0.395. The van der Waals surface area contributed by atoms with E-state index in [0.717, 1.165) is 22.4 Å². The van der Waals surface area contributed by atoms with Gasteiger partial charge in [0.15, 0.2) is 10.9 Å². The lowest BCUT2D eigenvalue weighted by Crippen LogP contribution is -2.19. The number of hydrogen-bond donors (Lipinski definition) is 1. The zero-order valence-corrected chi connectivity index (χ0v) is 19.8. The summed E-state index contributed by atoms with van der Waals surface area (Å²) >= 11 is 14.1. The van der Waals surface area contributed by atoms with Crippen LogP contribution < -0.4 is 10.1 Å². The van der Waals surface area contributed by atoms with Gasteiger partial charge in [-0.05, 0) is 67.1 Å². The summed E-state index contributed by atoms with van der Waals surface area (Å²) in [5.41, 5.74) is 4.82. The van der Waals surface area contributed by atoms with Gasteiger partial charge in [0.25, 0.3) is 5.91 Å². The van der Waals surface area contributed by atoms with Crippen LogP contribution in [0, 0.1) is 13.8 Å². The van der Waals surface area contributed by atoms with Gasteiger partial charge < -0.3 is 10.1 Å². The molecule has 0 aromatic heterocycles. The van der Waals surface area contributed by atoms with E-state index in [1.165, 1.54) is 11.8 Å². The van der Waals surface area contributed by atoms with Gasteiger partial charge in [-0.15, -0.1) is 0 Å². The topological polar surface area (TPSA) is 50.7 Å². The summed E-state index contributed by atoms with van der Waals surface area (Å²) in [4.78, 5) is 17.4. The maximum atomic E-state index is 12.4. The highest BCUT2D eigenvalue weighted by atomic mass is 35.5. The van der Waals surface area contributed by atoms with E-state index >= 15 is 0 Å². The number of aryl methyl sites for hydroxylation is 2. The van der Waals surface area contributed by atoms with E-state index in [2.05, 4.69) is 10.3 Å². The number of amides is 1. The predicted octanol–water partition coefficient (Wildman–Crippen LogP) is 7.08. The molecule has 1 fully saturated rings. The Morgan fingerprint density at radius 1 is 1.00 bits per heavy atom. The highest BCUT2D eigenvalue weighted by Gasteiger charge is 2.24. The first-order chi connectivity index (χ1) is 15.4. The van der Waals surface area contributed by atoms with Crippen molar-refractivity contribution >= 4 is 57.8 Å². The Bertz CT molecular complexity index is 1210. The first-order valence-electron chi connectivity index (χ1n) is 9.91. The predicted molar refractivity (Wildman–Crippen MR) is 134 cm³/mol. The lowest BCUT2D eigenvalue weighted by atomic mass is 10.1. The Hall–Kier alpha value is -2.73. The van der Waals surface area contributed by atoms with Crippen LogP contribution in [0.15, 0.2) is 70.6 Å². The van der Waals surface area contributed by atoms with Gasteiger partial charge >= 0.3 is 0 Å². The van der Waals surface area contributed by atoms with Crippen LogP contribution in [0.3, 0.4) is 0 Å². The molecule has 4 rings (SSSR count). The van der Waals surface area contributed by atoms with Crippen molar-refractivity contribution in [2.75, 3.05) is 0 Å². The second kappa shape index (κ2) is 9.82. The number of carbonyl (C=O) groups is 1. The van der Waals surface area contributed by atoms with Crippen molar-refractivity contribution in [3.05, 3.63) is 97.9 Å². The van der Waals surface area contributed by atoms with E-state index < -0.39 is 0 Å². The van der Waals surface area contributed by atoms with Crippen molar-refractivity contribution in [2.45, 2.75) is 20.5 Å². The summed E-state index contributed by atoms with van der Waals surface area (Å²) in [7, 11) is 0. The van der Waals surface area contributed by atoms with Gasteiger partial charge in [-0.25, -0.2) is 4.99 Å². The van der Waals surface area contributed by atoms with E-state index in [4.69, 9.17) is 27.9 Å². The van der Waals surface area contributed by atoms with Crippen molar-refractivity contribution in [3.63, 3.8) is 0 Å². The lowest BCUT2D eigenvalue weighted by Gasteiger charge is -2.11. The van der Waals surface area contributed by atoms with Crippen molar-refractivity contribution < 1.29 is 9.53 Å². The molecule has 162 valence electrons. The number of benzene rings is 3. The molecule has 0 unspecified atom stereocenters. The second-order valence-electron chi connectivity index (χ2n) is 7.41. The monoisotopic (exact) mass is 482 g/mol. The molecule has 0 saturated carbocycles. The number of thioether (sulfide) groups is 1. The van der Waals surface area contributed by atoms with Crippen LogP contribution in [0.2, 0.25) is 10.0 Å². The van der Waals surface area contributed by atoms with Crippen molar-refractivity contribution in [1.29, 1.82) is 0 Å². The van der Waals surface area contributed by atoms with Crippen LogP contribution in [-0.4, -0.2) is 11.1 Å². The van der Waals surface area contributed by atoms with E-state index in [-0.39, 0.29) is 5.91 Å². The van der Waals surface area contributed by atoms with Crippen LogP contribution in [0.5, 0.6) is 5.75 Å². The normalized spacial score (nSPS) is 15.9. The molecule has 0 bridgehead atoms. The fourth-order valence-electron chi connectivity index (χ4n) is 3.13. The summed E-state index contributed by atoms with van der Waals surface area (Å²) in [6.07, 6.45) is 1.74. The minimum absolute atomic E-state index is 0.215. The van der Waals surface area contributed by atoms with Crippen LogP contribution in [0.1, 0.15) is 22.3 Å². The Labute approximate surface area is 201 Å². The molecule has 1 aliphatic heterocycles. The highest BCUT2D eigenvalue weighted by Crippen LogP contribution is 2.37. The van der Waals surface area contributed by atoms with Crippen LogP contribution in [-0.2, 0) is 11.4 Å². The SMILES string of the molecule is Cc1ccc(N=C2NC(=O)/C(=C\c3cc(Cl)c(OCc4cccc(C)c4)c(Cl)c3)S2)cc1. The zero-order chi connectivity index (χ0) is 22.7. The van der Waals surface area contributed by atoms with Gasteiger partial charge in [0, 0.05) is 0 Å². The molecule has 1 saturated heterocycles. The molecule has 4 nitrogen and oxygen atoms in total. The van der Waals surface area contributed by atoms with Crippen molar-refractivity contribution in [2.24, 2.45) is 4.99 Å². The highest BCUT2D eigenvalue weighted by molar-refractivity contribution is 8.18. The lowest BCUT2D eigenvalue weighted by molar-refractivity contribution is -0.115. The molecule has 1 amide bonds. The smallest absolute Gasteiger partial charge is 0.264 e. The molecule has 7 heteroatoms. The maximum absolute atomic E-state index is 12.4. The summed E-state index contributed by atoms with van der Waals surface area (Å²) in [5, 5.41) is 4.08. The first kappa shape index (κ1) is 22.5. The van der Waals surface area contributed by atoms with Crippen LogP contribution in [0.4, 0.5) is 5.69 Å². The molecule has 3 aromatic carbocycles. The molecule has 0 spiro atoms. The van der Waals surface area contributed by atoms with Crippen LogP contribution in [0.25, 0.3) is 6.08 Å². The number of halogens is 2. The Morgan fingerprint density at radius 2 is 1.72 bits per heavy atom. The average molecular weight is 483 g/mol. The zero-order valence-electron chi connectivity index (χ0n) is 17.5. The third-order valence-electron chi connectivity index (χ3n) is 4.70. The van der Waals surface area contributed by atoms with Gasteiger partial charge in [0.2, 0.25) is 0 Å². The number of hydrogen-bond acceptors (Lipinski definition) is 4. The molecule has 1 N–H and O–H groups in total. The Kier molecular flexibility index (Phi) is 6.89. The number of rotatable bonds is 5.